The van der Waals surface area contributed by atoms with Gasteiger partial charge in [0.25, 0.3) is 0 Å². The molecule has 2 amide bonds. The fourth-order valence-corrected chi connectivity index (χ4v) is 3.45. The summed E-state index contributed by atoms with van der Waals surface area (Å²) in [7, 11) is 0. The largest absolute Gasteiger partial charge is 0.388 e. The van der Waals surface area contributed by atoms with Crippen LogP contribution < -0.4 is 5.32 Å². The molecule has 0 unspecified atom stereocenters. The van der Waals surface area contributed by atoms with Gasteiger partial charge in [-0.15, -0.1) is 0 Å². The van der Waals surface area contributed by atoms with Gasteiger partial charge in [0.05, 0.1) is 18.0 Å². The molecule has 3 rings (SSSR count). The molecule has 0 spiro atoms. The molecule has 0 saturated carbocycles. The average Bonchev–Trinajstić information content (AvgIpc) is 3.23. The molecule has 0 bridgehead atoms. The van der Waals surface area contributed by atoms with E-state index in [2.05, 4.69) is 22.4 Å². The molecule has 134 valence electrons. The topological polar surface area (TPSA) is 70.4 Å². The summed E-state index contributed by atoms with van der Waals surface area (Å²) in [5.74, 6) is 0. The lowest BCUT2D eigenvalue weighted by Crippen LogP contribution is -2.51. The SMILES string of the molecule is CC(C)(O)[C@@H]1CCCN1C(=O)NCc1cccc(Cn2ccnc2)c1. The van der Waals surface area contributed by atoms with Crippen LogP contribution in [0, 0.1) is 0 Å². The maximum Gasteiger partial charge on any atom is 0.318 e. The average molecular weight is 342 g/mol. The number of aliphatic hydroxyl groups is 1. The highest BCUT2D eigenvalue weighted by molar-refractivity contribution is 5.75. The van der Waals surface area contributed by atoms with Crippen molar-refractivity contribution in [1.29, 1.82) is 0 Å². The molecule has 1 saturated heterocycles. The number of imidazole rings is 1. The second kappa shape index (κ2) is 7.27. The molecule has 1 fully saturated rings. The number of carbonyl (C=O) groups excluding carboxylic acids is 1. The van der Waals surface area contributed by atoms with Crippen molar-refractivity contribution in [2.75, 3.05) is 6.54 Å². The number of nitrogens with zero attached hydrogens (tertiary/aromatic N) is 3. The van der Waals surface area contributed by atoms with Gasteiger partial charge in [-0.1, -0.05) is 24.3 Å². The summed E-state index contributed by atoms with van der Waals surface area (Å²) in [6, 6.07) is 7.94. The van der Waals surface area contributed by atoms with Gasteiger partial charge in [-0.05, 0) is 37.8 Å². The van der Waals surface area contributed by atoms with Crippen molar-refractivity contribution in [3.8, 4) is 0 Å². The Balaban J connectivity index is 1.59. The van der Waals surface area contributed by atoms with Crippen LogP contribution in [0.25, 0.3) is 0 Å². The van der Waals surface area contributed by atoms with Gasteiger partial charge in [-0.25, -0.2) is 9.78 Å². The fourth-order valence-electron chi connectivity index (χ4n) is 3.45. The molecule has 1 aliphatic heterocycles. The maximum absolute atomic E-state index is 12.5. The number of amides is 2. The van der Waals surface area contributed by atoms with E-state index in [-0.39, 0.29) is 12.1 Å². The molecule has 0 radical (unpaired) electrons. The van der Waals surface area contributed by atoms with Gasteiger partial charge in [0, 0.05) is 32.0 Å². The first-order valence-electron chi connectivity index (χ1n) is 8.74. The Labute approximate surface area is 148 Å². The van der Waals surface area contributed by atoms with Gasteiger partial charge in [0.15, 0.2) is 0 Å². The summed E-state index contributed by atoms with van der Waals surface area (Å²) in [5.41, 5.74) is 1.35. The molecule has 1 aromatic carbocycles. The van der Waals surface area contributed by atoms with Crippen molar-refractivity contribution in [3.63, 3.8) is 0 Å². The first kappa shape index (κ1) is 17.5. The predicted octanol–water partition coefficient (Wildman–Crippen LogP) is 2.38. The lowest BCUT2D eigenvalue weighted by molar-refractivity contribution is 0.00979. The van der Waals surface area contributed by atoms with Crippen LogP contribution in [0.15, 0.2) is 43.0 Å². The summed E-state index contributed by atoms with van der Waals surface area (Å²) >= 11 is 0. The van der Waals surface area contributed by atoms with Crippen LogP contribution in [-0.4, -0.2) is 43.8 Å². The molecule has 1 aromatic heterocycles. The number of benzene rings is 1. The minimum atomic E-state index is -0.876. The zero-order valence-electron chi connectivity index (χ0n) is 14.9. The molecule has 6 nitrogen and oxygen atoms in total. The summed E-state index contributed by atoms with van der Waals surface area (Å²) in [6.07, 6.45) is 7.26. The van der Waals surface area contributed by atoms with Crippen LogP contribution in [0.1, 0.15) is 37.8 Å². The van der Waals surface area contributed by atoms with Crippen molar-refractivity contribution in [2.24, 2.45) is 0 Å². The Hall–Kier alpha value is -2.34. The Morgan fingerprint density at radius 3 is 2.92 bits per heavy atom. The van der Waals surface area contributed by atoms with Crippen LogP contribution >= 0.6 is 0 Å². The molecule has 1 aliphatic rings. The first-order chi connectivity index (χ1) is 11.9. The van der Waals surface area contributed by atoms with Gasteiger partial charge in [0.1, 0.15) is 0 Å². The molecular formula is C19H26N4O2. The summed E-state index contributed by atoms with van der Waals surface area (Å²) in [5, 5.41) is 13.2. The van der Waals surface area contributed by atoms with Gasteiger partial charge in [-0.3, -0.25) is 0 Å². The van der Waals surface area contributed by atoms with Crippen LogP contribution in [0.3, 0.4) is 0 Å². The van der Waals surface area contributed by atoms with Gasteiger partial charge in [0.2, 0.25) is 0 Å². The number of likely N-dealkylation sites (tertiary alicyclic amines) is 1. The molecule has 0 aliphatic carbocycles. The van der Waals surface area contributed by atoms with Crippen LogP contribution in [0.5, 0.6) is 0 Å². The highest BCUT2D eigenvalue weighted by atomic mass is 16.3. The van der Waals surface area contributed by atoms with Gasteiger partial charge >= 0.3 is 6.03 Å². The number of hydrogen-bond donors (Lipinski definition) is 2. The van der Waals surface area contributed by atoms with Crippen molar-refractivity contribution in [3.05, 3.63) is 54.1 Å². The predicted molar refractivity (Wildman–Crippen MR) is 96.0 cm³/mol. The zero-order chi connectivity index (χ0) is 17.9. The van der Waals surface area contributed by atoms with Crippen molar-refractivity contribution in [1.82, 2.24) is 19.8 Å². The lowest BCUT2D eigenvalue weighted by Gasteiger charge is -2.33. The number of urea groups is 1. The van der Waals surface area contributed by atoms with E-state index in [1.54, 1.807) is 31.3 Å². The lowest BCUT2D eigenvalue weighted by atomic mass is 9.97. The summed E-state index contributed by atoms with van der Waals surface area (Å²) < 4.78 is 2.01. The highest BCUT2D eigenvalue weighted by Gasteiger charge is 2.38. The standard InChI is InChI=1S/C19H26N4O2/c1-19(2,25)17-7-4-9-23(17)18(24)21-12-15-5-3-6-16(11-15)13-22-10-8-20-14-22/h3,5-6,8,10-11,14,17,25H,4,7,9,12-13H2,1-2H3,(H,21,24)/t17-/m0/s1. The van der Waals surface area contributed by atoms with Gasteiger partial charge in [-0.2, -0.15) is 0 Å². The summed E-state index contributed by atoms with van der Waals surface area (Å²) in [6.45, 7) is 5.47. The zero-order valence-corrected chi connectivity index (χ0v) is 14.9. The van der Waals surface area contributed by atoms with E-state index >= 15 is 0 Å². The minimum Gasteiger partial charge on any atom is -0.388 e. The van der Waals surface area contributed by atoms with E-state index in [0.717, 1.165) is 24.9 Å². The molecule has 2 heterocycles. The quantitative estimate of drug-likeness (QED) is 0.876. The van der Waals surface area contributed by atoms with Crippen LogP contribution in [0.2, 0.25) is 0 Å². The molecule has 25 heavy (non-hydrogen) atoms. The van der Waals surface area contributed by atoms with E-state index < -0.39 is 5.60 Å². The number of nitrogens with one attached hydrogen (secondary N) is 1. The molecule has 2 N–H and O–H groups in total. The van der Waals surface area contributed by atoms with Crippen LogP contribution in [-0.2, 0) is 13.1 Å². The normalized spacial score (nSPS) is 17.7. The molecular weight excluding hydrogens is 316 g/mol. The van der Waals surface area contributed by atoms with E-state index in [9.17, 15) is 9.90 Å². The smallest absolute Gasteiger partial charge is 0.318 e. The van der Waals surface area contributed by atoms with E-state index in [4.69, 9.17) is 0 Å². The number of hydrogen-bond acceptors (Lipinski definition) is 3. The van der Waals surface area contributed by atoms with Crippen LogP contribution in [0.4, 0.5) is 4.79 Å². The van der Waals surface area contributed by atoms with E-state index in [1.165, 1.54) is 5.56 Å². The van der Waals surface area contributed by atoms with Crippen molar-refractivity contribution in [2.45, 2.75) is 51.4 Å². The Morgan fingerprint density at radius 2 is 2.20 bits per heavy atom. The van der Waals surface area contributed by atoms with Crippen molar-refractivity contribution < 1.29 is 9.90 Å². The number of carbonyl (C=O) groups is 1. The third-order valence-corrected chi connectivity index (χ3v) is 4.69. The minimum absolute atomic E-state index is 0.107. The number of aromatic nitrogens is 2. The monoisotopic (exact) mass is 342 g/mol. The van der Waals surface area contributed by atoms with Crippen molar-refractivity contribution >= 4 is 6.03 Å². The maximum atomic E-state index is 12.5. The van der Waals surface area contributed by atoms with Gasteiger partial charge < -0.3 is 19.9 Å². The molecule has 2 aromatic rings. The summed E-state index contributed by atoms with van der Waals surface area (Å²) in [4.78, 5) is 18.3. The Kier molecular flexibility index (Phi) is 5.08. The molecule has 1 atom stereocenters. The fraction of sp³-hybridized carbons (Fsp3) is 0.474. The second-order valence-electron chi connectivity index (χ2n) is 7.22. The number of rotatable bonds is 5. The molecule has 6 heteroatoms. The Bertz CT molecular complexity index is 706. The third-order valence-electron chi connectivity index (χ3n) is 4.69. The van der Waals surface area contributed by atoms with E-state index in [0.29, 0.717) is 13.1 Å². The Morgan fingerprint density at radius 1 is 1.40 bits per heavy atom. The first-order valence-corrected chi connectivity index (χ1v) is 8.74. The third kappa shape index (κ3) is 4.39. The second-order valence-corrected chi connectivity index (χ2v) is 7.22. The van der Waals surface area contributed by atoms with E-state index in [1.807, 2.05) is 22.9 Å². The highest BCUT2D eigenvalue weighted by Crippen LogP contribution is 2.26.